The van der Waals surface area contributed by atoms with Gasteiger partial charge in [-0.1, -0.05) is 60.2 Å². The maximum absolute atomic E-state index is 13.0. The van der Waals surface area contributed by atoms with Crippen LogP contribution < -0.4 is 0 Å². The van der Waals surface area contributed by atoms with Crippen LogP contribution in [0.3, 0.4) is 0 Å². The number of carbonyl (C=O) groups excluding carboxylic acids is 1. The SMILES string of the molecule is COCCC1=CC2CCC(C1)N2C(=O)OCC1c2ccccc2-c2ccccc21. The van der Waals surface area contributed by atoms with Gasteiger partial charge in [0.1, 0.15) is 6.61 Å². The molecule has 2 heterocycles. The number of ether oxygens (including phenoxy) is 2. The number of carbonyl (C=O) groups is 1. The van der Waals surface area contributed by atoms with Gasteiger partial charge in [0, 0.05) is 25.7 Å². The normalized spacial score (nSPS) is 22.2. The predicted molar refractivity (Wildman–Crippen MR) is 113 cm³/mol. The van der Waals surface area contributed by atoms with Crippen molar-refractivity contribution in [3.8, 4) is 11.1 Å². The summed E-state index contributed by atoms with van der Waals surface area (Å²) in [6.45, 7) is 1.14. The Labute approximate surface area is 172 Å². The summed E-state index contributed by atoms with van der Waals surface area (Å²) in [4.78, 5) is 15.0. The first-order chi connectivity index (χ1) is 14.3. The Morgan fingerprint density at radius 2 is 1.72 bits per heavy atom. The minimum atomic E-state index is -0.165. The van der Waals surface area contributed by atoms with Gasteiger partial charge in [0.2, 0.25) is 0 Å². The number of fused-ring (bicyclic) bond motifs is 5. The molecule has 0 radical (unpaired) electrons. The van der Waals surface area contributed by atoms with Crippen molar-refractivity contribution in [2.24, 2.45) is 0 Å². The van der Waals surface area contributed by atoms with Crippen LogP contribution in [0.1, 0.15) is 42.7 Å². The van der Waals surface area contributed by atoms with Gasteiger partial charge in [-0.3, -0.25) is 4.90 Å². The molecule has 0 saturated carbocycles. The molecule has 0 spiro atoms. The number of nitrogens with zero attached hydrogens (tertiary/aromatic N) is 1. The van der Waals surface area contributed by atoms with Crippen molar-refractivity contribution in [3.63, 3.8) is 0 Å². The molecule has 0 aromatic heterocycles. The highest BCUT2D eigenvalue weighted by atomic mass is 16.6. The number of hydrogen-bond acceptors (Lipinski definition) is 3. The second kappa shape index (κ2) is 7.68. The average Bonchev–Trinajstić information content (AvgIpc) is 3.22. The number of methoxy groups -OCH3 is 1. The van der Waals surface area contributed by atoms with Gasteiger partial charge >= 0.3 is 6.09 Å². The van der Waals surface area contributed by atoms with E-state index in [4.69, 9.17) is 9.47 Å². The van der Waals surface area contributed by atoms with E-state index >= 15 is 0 Å². The van der Waals surface area contributed by atoms with Crippen LogP contribution in [0, 0.1) is 0 Å². The summed E-state index contributed by atoms with van der Waals surface area (Å²) < 4.78 is 11.1. The Bertz CT molecular complexity index is 905. The van der Waals surface area contributed by atoms with Gasteiger partial charge in [-0.15, -0.1) is 0 Å². The maximum atomic E-state index is 13.0. The Morgan fingerprint density at radius 1 is 1.03 bits per heavy atom. The van der Waals surface area contributed by atoms with Crippen LogP contribution >= 0.6 is 0 Å². The van der Waals surface area contributed by atoms with Crippen molar-refractivity contribution in [1.82, 2.24) is 4.90 Å². The quantitative estimate of drug-likeness (QED) is 0.665. The zero-order valence-electron chi connectivity index (χ0n) is 16.8. The summed E-state index contributed by atoms with van der Waals surface area (Å²) in [7, 11) is 1.74. The molecule has 1 amide bonds. The van der Waals surface area contributed by atoms with Gasteiger partial charge in [-0.05, 0) is 47.9 Å². The molecule has 4 heteroatoms. The molecule has 1 aliphatic carbocycles. The van der Waals surface area contributed by atoms with Gasteiger partial charge in [0.25, 0.3) is 0 Å². The van der Waals surface area contributed by atoms with Crippen LogP contribution in [-0.2, 0) is 9.47 Å². The topological polar surface area (TPSA) is 38.8 Å². The van der Waals surface area contributed by atoms with E-state index < -0.39 is 0 Å². The molecule has 2 aliphatic heterocycles. The minimum Gasteiger partial charge on any atom is -0.448 e. The first-order valence-corrected chi connectivity index (χ1v) is 10.6. The van der Waals surface area contributed by atoms with E-state index in [1.165, 1.54) is 27.8 Å². The van der Waals surface area contributed by atoms with E-state index in [0.717, 1.165) is 32.3 Å². The average molecular weight is 389 g/mol. The highest BCUT2D eigenvalue weighted by molar-refractivity contribution is 5.79. The second-order valence-electron chi connectivity index (χ2n) is 8.28. The lowest BCUT2D eigenvalue weighted by Crippen LogP contribution is -2.43. The number of benzene rings is 2. The zero-order chi connectivity index (χ0) is 19.8. The predicted octanol–water partition coefficient (Wildman–Crippen LogP) is 5.14. The monoisotopic (exact) mass is 389 g/mol. The minimum absolute atomic E-state index is 0.113. The molecule has 1 fully saturated rings. The molecule has 0 N–H and O–H groups in total. The third kappa shape index (κ3) is 3.25. The Morgan fingerprint density at radius 3 is 2.38 bits per heavy atom. The van der Waals surface area contributed by atoms with Crippen LogP contribution in [0.15, 0.2) is 60.2 Å². The van der Waals surface area contributed by atoms with Crippen molar-refractivity contribution >= 4 is 6.09 Å². The maximum Gasteiger partial charge on any atom is 0.410 e. The molecule has 5 rings (SSSR count). The number of amides is 1. The lowest BCUT2D eigenvalue weighted by molar-refractivity contribution is 0.0844. The molecule has 2 bridgehead atoms. The summed E-state index contributed by atoms with van der Waals surface area (Å²) in [6.07, 6.45) is 6.10. The van der Waals surface area contributed by atoms with Crippen molar-refractivity contribution < 1.29 is 14.3 Å². The molecule has 29 heavy (non-hydrogen) atoms. The fraction of sp³-hybridized carbons (Fsp3) is 0.400. The molecule has 1 saturated heterocycles. The number of rotatable bonds is 5. The summed E-state index contributed by atoms with van der Waals surface area (Å²) in [5.41, 5.74) is 6.44. The van der Waals surface area contributed by atoms with E-state index in [-0.39, 0.29) is 24.1 Å². The molecule has 4 nitrogen and oxygen atoms in total. The van der Waals surface area contributed by atoms with E-state index in [1.54, 1.807) is 7.11 Å². The third-order valence-corrected chi connectivity index (χ3v) is 6.65. The molecule has 2 aromatic rings. The van der Waals surface area contributed by atoms with Gasteiger partial charge in [0.15, 0.2) is 0 Å². The fourth-order valence-corrected chi connectivity index (χ4v) is 5.29. The highest BCUT2D eigenvalue weighted by Crippen LogP contribution is 2.45. The Balaban J connectivity index is 1.30. The molecule has 2 unspecified atom stereocenters. The number of hydrogen-bond donors (Lipinski definition) is 0. The molecular formula is C25H27NO3. The first-order valence-electron chi connectivity index (χ1n) is 10.6. The highest BCUT2D eigenvalue weighted by Gasteiger charge is 2.40. The van der Waals surface area contributed by atoms with E-state index in [0.29, 0.717) is 6.61 Å². The van der Waals surface area contributed by atoms with Crippen molar-refractivity contribution in [2.45, 2.75) is 43.7 Å². The third-order valence-electron chi connectivity index (χ3n) is 6.65. The van der Waals surface area contributed by atoms with E-state index in [1.807, 2.05) is 4.90 Å². The van der Waals surface area contributed by atoms with E-state index in [2.05, 4.69) is 54.6 Å². The molecular weight excluding hydrogens is 362 g/mol. The van der Waals surface area contributed by atoms with Crippen molar-refractivity contribution in [3.05, 3.63) is 71.3 Å². The first kappa shape index (κ1) is 18.4. The van der Waals surface area contributed by atoms with Crippen LogP contribution in [0.2, 0.25) is 0 Å². The molecule has 150 valence electrons. The van der Waals surface area contributed by atoms with Gasteiger partial charge in [-0.25, -0.2) is 4.79 Å². The van der Waals surface area contributed by atoms with Crippen molar-refractivity contribution in [2.75, 3.05) is 20.3 Å². The molecule has 3 aliphatic rings. The Kier molecular flexibility index (Phi) is 4.88. The lowest BCUT2D eigenvalue weighted by atomic mass is 9.98. The smallest absolute Gasteiger partial charge is 0.410 e. The van der Waals surface area contributed by atoms with Crippen LogP contribution in [0.4, 0.5) is 4.79 Å². The van der Waals surface area contributed by atoms with Gasteiger partial charge in [0.05, 0.1) is 6.04 Å². The standard InChI is InChI=1S/C25H27NO3/c1-28-13-12-17-14-18-10-11-19(15-17)26(18)25(27)29-16-24-22-8-4-2-6-20(22)21-7-3-5-9-23(21)24/h2-9,14,18-19,24H,10-13,15-16H2,1H3. The van der Waals surface area contributed by atoms with E-state index in [9.17, 15) is 4.79 Å². The van der Waals surface area contributed by atoms with Crippen molar-refractivity contribution in [1.29, 1.82) is 0 Å². The zero-order valence-corrected chi connectivity index (χ0v) is 16.8. The summed E-state index contributed by atoms with van der Waals surface area (Å²) in [5.74, 6) is 0.113. The largest absolute Gasteiger partial charge is 0.448 e. The van der Waals surface area contributed by atoms with Crippen LogP contribution in [-0.4, -0.2) is 43.4 Å². The summed E-state index contributed by atoms with van der Waals surface area (Å²) in [5, 5.41) is 0. The van der Waals surface area contributed by atoms with Gasteiger partial charge in [-0.2, -0.15) is 0 Å². The summed E-state index contributed by atoms with van der Waals surface area (Å²) in [6, 6.07) is 17.4. The van der Waals surface area contributed by atoms with Crippen LogP contribution in [0.5, 0.6) is 0 Å². The second-order valence-corrected chi connectivity index (χ2v) is 8.28. The summed E-state index contributed by atoms with van der Waals surface area (Å²) >= 11 is 0. The lowest BCUT2D eigenvalue weighted by Gasteiger charge is -2.33. The fourth-order valence-electron chi connectivity index (χ4n) is 5.29. The molecule has 2 aromatic carbocycles. The van der Waals surface area contributed by atoms with Crippen LogP contribution in [0.25, 0.3) is 11.1 Å². The van der Waals surface area contributed by atoms with Gasteiger partial charge < -0.3 is 9.47 Å². The Hall–Kier alpha value is -2.59. The molecule has 2 atom stereocenters.